The molecule has 1 fully saturated rings. The quantitative estimate of drug-likeness (QED) is 0.848. The van der Waals surface area contributed by atoms with Gasteiger partial charge >= 0.3 is 0 Å². The van der Waals surface area contributed by atoms with Crippen molar-refractivity contribution < 1.29 is 18.8 Å². The lowest BCUT2D eigenvalue weighted by molar-refractivity contribution is 0.0515. The normalized spacial score (nSPS) is 15.2. The van der Waals surface area contributed by atoms with E-state index in [0.29, 0.717) is 37.5 Å². The van der Waals surface area contributed by atoms with Crippen molar-refractivity contribution in [3.8, 4) is 0 Å². The van der Waals surface area contributed by atoms with E-state index < -0.39 is 0 Å². The molecule has 3 amide bonds. The zero-order valence-corrected chi connectivity index (χ0v) is 16.1. The number of carbonyl (C=O) groups excluding carboxylic acids is 3. The maximum absolute atomic E-state index is 12.8. The van der Waals surface area contributed by atoms with E-state index in [-0.39, 0.29) is 29.5 Å². The molecule has 1 aliphatic heterocycles. The van der Waals surface area contributed by atoms with Crippen LogP contribution in [0.4, 0.5) is 0 Å². The molecule has 0 aliphatic carbocycles. The fourth-order valence-electron chi connectivity index (χ4n) is 2.93. The van der Waals surface area contributed by atoms with Crippen molar-refractivity contribution >= 4 is 17.7 Å². The largest absolute Gasteiger partial charge is 0.459 e. The van der Waals surface area contributed by atoms with E-state index in [1.165, 1.54) is 18.5 Å². The lowest BCUT2D eigenvalue weighted by Gasteiger charge is -2.34. The van der Waals surface area contributed by atoms with E-state index in [9.17, 15) is 14.4 Å². The van der Waals surface area contributed by atoms with Gasteiger partial charge in [0.2, 0.25) is 0 Å². The molecule has 8 nitrogen and oxygen atoms in total. The van der Waals surface area contributed by atoms with Gasteiger partial charge in [-0.2, -0.15) is 0 Å². The molecule has 0 aromatic carbocycles. The molecule has 1 unspecified atom stereocenters. The Morgan fingerprint density at radius 3 is 2.43 bits per heavy atom. The van der Waals surface area contributed by atoms with Gasteiger partial charge in [-0.25, -0.2) is 0 Å². The van der Waals surface area contributed by atoms with E-state index in [4.69, 9.17) is 4.42 Å². The molecule has 1 aliphatic rings. The molecule has 0 saturated carbocycles. The first-order valence-corrected chi connectivity index (χ1v) is 9.38. The van der Waals surface area contributed by atoms with Crippen molar-refractivity contribution in [2.75, 3.05) is 26.2 Å². The van der Waals surface area contributed by atoms with Gasteiger partial charge in [0, 0.05) is 44.0 Å². The second-order valence-corrected chi connectivity index (χ2v) is 6.77. The minimum absolute atomic E-state index is 0.0552. The zero-order chi connectivity index (χ0) is 20.1. The fraction of sp³-hybridized carbons (Fsp3) is 0.400. The summed E-state index contributed by atoms with van der Waals surface area (Å²) in [5.41, 5.74) is 0.632. The van der Waals surface area contributed by atoms with Gasteiger partial charge in [-0.05, 0) is 37.6 Å². The number of hydrogen-bond acceptors (Lipinski definition) is 5. The number of nitrogens with one attached hydrogen (secondary N) is 1. The summed E-state index contributed by atoms with van der Waals surface area (Å²) in [6, 6.07) is 6.46. The van der Waals surface area contributed by atoms with Crippen molar-refractivity contribution in [1.82, 2.24) is 20.1 Å². The van der Waals surface area contributed by atoms with E-state index in [1.54, 1.807) is 28.0 Å². The third-order valence-electron chi connectivity index (χ3n) is 4.82. The van der Waals surface area contributed by atoms with E-state index in [1.807, 2.05) is 13.8 Å². The lowest BCUT2D eigenvalue weighted by atomic mass is 10.1. The number of rotatable bonds is 5. The molecule has 3 rings (SSSR count). The maximum Gasteiger partial charge on any atom is 0.289 e. The first kappa shape index (κ1) is 19.6. The second kappa shape index (κ2) is 8.69. The molecule has 0 radical (unpaired) electrons. The number of piperazine rings is 1. The SMILES string of the molecule is CCC(C)NC(=O)c1ccnc(C(=O)N2CCN(C(=O)c3ccco3)CC2)c1. The van der Waals surface area contributed by atoms with Crippen LogP contribution in [0, 0.1) is 0 Å². The van der Waals surface area contributed by atoms with Crippen molar-refractivity contribution in [2.45, 2.75) is 26.3 Å². The van der Waals surface area contributed by atoms with Gasteiger partial charge in [0.25, 0.3) is 17.7 Å². The Morgan fingerprint density at radius 2 is 1.82 bits per heavy atom. The Bertz CT molecular complexity index is 842. The van der Waals surface area contributed by atoms with Gasteiger partial charge in [0.15, 0.2) is 5.76 Å². The summed E-state index contributed by atoms with van der Waals surface area (Å²) in [6.07, 6.45) is 3.75. The summed E-state index contributed by atoms with van der Waals surface area (Å²) >= 11 is 0. The van der Waals surface area contributed by atoms with Crippen LogP contribution in [0.15, 0.2) is 41.1 Å². The predicted molar refractivity (Wildman–Crippen MR) is 102 cm³/mol. The van der Waals surface area contributed by atoms with Crippen molar-refractivity contribution in [1.29, 1.82) is 0 Å². The minimum atomic E-state index is -0.247. The van der Waals surface area contributed by atoms with E-state index >= 15 is 0 Å². The highest BCUT2D eigenvalue weighted by Crippen LogP contribution is 2.12. The molecular formula is C20H24N4O4. The molecule has 28 heavy (non-hydrogen) atoms. The molecule has 0 bridgehead atoms. The molecule has 3 heterocycles. The van der Waals surface area contributed by atoms with Crippen LogP contribution in [0.2, 0.25) is 0 Å². The molecule has 1 N–H and O–H groups in total. The number of carbonyl (C=O) groups is 3. The summed E-state index contributed by atoms with van der Waals surface area (Å²) in [6.45, 7) is 5.54. The Hall–Kier alpha value is -3.16. The Balaban J connectivity index is 1.61. The Labute approximate surface area is 163 Å². The number of hydrogen-bond donors (Lipinski definition) is 1. The van der Waals surface area contributed by atoms with Gasteiger partial charge in [-0.15, -0.1) is 0 Å². The molecular weight excluding hydrogens is 360 g/mol. The molecule has 2 aromatic heterocycles. The van der Waals surface area contributed by atoms with Crippen molar-refractivity contribution in [3.05, 3.63) is 53.7 Å². The summed E-state index contributed by atoms with van der Waals surface area (Å²) in [5, 5.41) is 2.88. The lowest BCUT2D eigenvalue weighted by Crippen LogP contribution is -2.50. The Morgan fingerprint density at radius 1 is 1.14 bits per heavy atom. The molecule has 8 heteroatoms. The fourth-order valence-corrected chi connectivity index (χ4v) is 2.93. The zero-order valence-electron chi connectivity index (χ0n) is 16.1. The summed E-state index contributed by atoms with van der Waals surface area (Å²) in [4.78, 5) is 44.8. The molecule has 1 atom stereocenters. The Kier molecular flexibility index (Phi) is 6.08. The molecule has 2 aromatic rings. The second-order valence-electron chi connectivity index (χ2n) is 6.77. The number of amides is 3. The van der Waals surface area contributed by atoms with E-state index in [0.717, 1.165) is 6.42 Å². The van der Waals surface area contributed by atoms with Gasteiger partial charge in [0.05, 0.1) is 6.26 Å². The van der Waals surface area contributed by atoms with Crippen molar-refractivity contribution in [3.63, 3.8) is 0 Å². The number of nitrogens with zero attached hydrogens (tertiary/aromatic N) is 3. The number of aromatic nitrogens is 1. The van der Waals surface area contributed by atoms with Crippen LogP contribution in [0.1, 0.15) is 51.7 Å². The number of pyridine rings is 1. The van der Waals surface area contributed by atoms with Crippen LogP contribution < -0.4 is 5.32 Å². The molecule has 1 saturated heterocycles. The van der Waals surface area contributed by atoms with Crippen molar-refractivity contribution in [2.24, 2.45) is 0 Å². The minimum Gasteiger partial charge on any atom is -0.459 e. The molecule has 148 valence electrons. The van der Waals surface area contributed by atoms with Gasteiger partial charge in [-0.3, -0.25) is 19.4 Å². The standard InChI is InChI=1S/C20H24N4O4/c1-3-14(2)22-18(25)15-6-7-21-16(13-15)19(26)23-8-10-24(11-9-23)20(27)17-5-4-12-28-17/h4-7,12-14H,3,8-11H2,1-2H3,(H,22,25). The topological polar surface area (TPSA) is 95.8 Å². The predicted octanol–water partition coefficient (Wildman–Crippen LogP) is 1.80. The summed E-state index contributed by atoms with van der Waals surface area (Å²) < 4.78 is 5.14. The molecule has 0 spiro atoms. The van der Waals surface area contributed by atoms with Crippen LogP contribution in [0.25, 0.3) is 0 Å². The highest BCUT2D eigenvalue weighted by Gasteiger charge is 2.27. The van der Waals surface area contributed by atoms with E-state index in [2.05, 4.69) is 10.3 Å². The third-order valence-corrected chi connectivity index (χ3v) is 4.82. The van der Waals surface area contributed by atoms with Crippen LogP contribution >= 0.6 is 0 Å². The monoisotopic (exact) mass is 384 g/mol. The van der Waals surface area contributed by atoms with Gasteiger partial charge in [-0.1, -0.05) is 6.92 Å². The summed E-state index contributed by atoms with van der Waals surface area (Å²) in [5.74, 6) is -0.358. The van der Waals surface area contributed by atoms with Crippen LogP contribution in [-0.4, -0.2) is 64.7 Å². The average molecular weight is 384 g/mol. The first-order chi connectivity index (χ1) is 13.5. The smallest absolute Gasteiger partial charge is 0.289 e. The van der Waals surface area contributed by atoms with Gasteiger partial charge < -0.3 is 19.5 Å². The van der Waals surface area contributed by atoms with Crippen LogP contribution in [-0.2, 0) is 0 Å². The van der Waals surface area contributed by atoms with Crippen LogP contribution in [0.3, 0.4) is 0 Å². The first-order valence-electron chi connectivity index (χ1n) is 9.38. The maximum atomic E-state index is 12.8. The van der Waals surface area contributed by atoms with Gasteiger partial charge in [0.1, 0.15) is 5.69 Å². The van der Waals surface area contributed by atoms with Crippen LogP contribution in [0.5, 0.6) is 0 Å². The third kappa shape index (κ3) is 4.39. The summed E-state index contributed by atoms with van der Waals surface area (Å²) in [7, 11) is 0. The number of furan rings is 1. The highest BCUT2D eigenvalue weighted by molar-refractivity contribution is 5.98. The average Bonchev–Trinajstić information content (AvgIpc) is 3.27. The highest BCUT2D eigenvalue weighted by atomic mass is 16.3.